The van der Waals surface area contributed by atoms with Crippen LogP contribution in [0.5, 0.6) is 0 Å². The first-order valence-corrected chi connectivity index (χ1v) is 5.53. The van der Waals surface area contributed by atoms with Gasteiger partial charge in [-0.05, 0) is 25.1 Å². The van der Waals surface area contributed by atoms with Crippen LogP contribution in [0.3, 0.4) is 0 Å². The van der Waals surface area contributed by atoms with E-state index in [0.29, 0.717) is 6.54 Å². The summed E-state index contributed by atoms with van der Waals surface area (Å²) in [6.07, 6.45) is 0. The molecule has 1 heterocycles. The molecule has 0 spiro atoms. The highest BCUT2D eigenvalue weighted by Gasteiger charge is 2.14. The van der Waals surface area contributed by atoms with Gasteiger partial charge in [0.1, 0.15) is 11.6 Å². The molecule has 1 unspecified atom stereocenters. The zero-order valence-electron chi connectivity index (χ0n) is 9.57. The van der Waals surface area contributed by atoms with Gasteiger partial charge in [0.15, 0.2) is 0 Å². The van der Waals surface area contributed by atoms with Gasteiger partial charge in [0, 0.05) is 19.0 Å². The second-order valence-corrected chi connectivity index (χ2v) is 3.98. The van der Waals surface area contributed by atoms with E-state index in [2.05, 4.69) is 4.98 Å². The quantitative estimate of drug-likeness (QED) is 0.864. The van der Waals surface area contributed by atoms with Crippen molar-refractivity contribution in [2.75, 3.05) is 6.54 Å². The van der Waals surface area contributed by atoms with Crippen LogP contribution in [0.1, 0.15) is 25.6 Å². The van der Waals surface area contributed by atoms with Gasteiger partial charge in [-0.2, -0.15) is 0 Å². The first-order valence-electron chi connectivity index (χ1n) is 5.53. The largest absolute Gasteiger partial charge is 0.330 e. The van der Waals surface area contributed by atoms with Gasteiger partial charge in [-0.25, -0.2) is 9.37 Å². The lowest BCUT2D eigenvalue weighted by Gasteiger charge is -2.10. The summed E-state index contributed by atoms with van der Waals surface area (Å²) in [5, 5.41) is 0. The maximum atomic E-state index is 13.2. The van der Waals surface area contributed by atoms with E-state index in [9.17, 15) is 4.39 Å². The van der Waals surface area contributed by atoms with Gasteiger partial charge in [0.05, 0.1) is 11.0 Å². The summed E-state index contributed by atoms with van der Waals surface area (Å²) in [5.41, 5.74) is 7.33. The Balaban J connectivity index is 2.66. The van der Waals surface area contributed by atoms with Crippen molar-refractivity contribution in [3.63, 3.8) is 0 Å². The summed E-state index contributed by atoms with van der Waals surface area (Å²) in [7, 11) is 0. The van der Waals surface area contributed by atoms with E-state index in [1.165, 1.54) is 12.1 Å². The van der Waals surface area contributed by atoms with Crippen molar-refractivity contribution in [1.29, 1.82) is 0 Å². The molecular weight excluding hydrogens is 205 g/mol. The number of nitrogens with zero attached hydrogens (tertiary/aromatic N) is 2. The van der Waals surface area contributed by atoms with Crippen LogP contribution in [0.15, 0.2) is 18.2 Å². The van der Waals surface area contributed by atoms with Crippen LogP contribution < -0.4 is 5.73 Å². The summed E-state index contributed by atoms with van der Waals surface area (Å²) >= 11 is 0. The third-order valence-electron chi connectivity index (χ3n) is 2.85. The monoisotopic (exact) mass is 221 g/mol. The minimum Gasteiger partial charge on any atom is -0.330 e. The fourth-order valence-electron chi connectivity index (χ4n) is 1.93. The lowest BCUT2D eigenvalue weighted by molar-refractivity contribution is 0.623. The second kappa shape index (κ2) is 4.22. The highest BCUT2D eigenvalue weighted by Crippen LogP contribution is 2.22. The summed E-state index contributed by atoms with van der Waals surface area (Å²) in [6.45, 7) is 5.38. The van der Waals surface area contributed by atoms with Crippen LogP contribution in [-0.2, 0) is 6.54 Å². The molecule has 1 atom stereocenters. The topological polar surface area (TPSA) is 43.8 Å². The van der Waals surface area contributed by atoms with Crippen LogP contribution in [0.2, 0.25) is 0 Å². The average Bonchev–Trinajstić information content (AvgIpc) is 2.65. The van der Waals surface area contributed by atoms with E-state index in [4.69, 9.17) is 5.73 Å². The van der Waals surface area contributed by atoms with E-state index >= 15 is 0 Å². The minimum atomic E-state index is -0.228. The minimum absolute atomic E-state index is 0.190. The Morgan fingerprint density at radius 1 is 1.50 bits per heavy atom. The van der Waals surface area contributed by atoms with Crippen molar-refractivity contribution in [2.45, 2.75) is 26.3 Å². The Hall–Kier alpha value is -1.42. The maximum Gasteiger partial charge on any atom is 0.125 e. The number of imidazole rings is 1. The highest BCUT2D eigenvalue weighted by molar-refractivity contribution is 5.76. The van der Waals surface area contributed by atoms with Crippen LogP contribution in [0, 0.1) is 5.82 Å². The van der Waals surface area contributed by atoms with Gasteiger partial charge in [-0.1, -0.05) is 6.92 Å². The van der Waals surface area contributed by atoms with Gasteiger partial charge in [-0.15, -0.1) is 0 Å². The van der Waals surface area contributed by atoms with Crippen LogP contribution in [0.4, 0.5) is 4.39 Å². The summed E-state index contributed by atoms with van der Waals surface area (Å²) in [4.78, 5) is 4.51. The number of fused-ring (bicyclic) bond motifs is 1. The van der Waals surface area contributed by atoms with Crippen molar-refractivity contribution in [1.82, 2.24) is 9.55 Å². The molecule has 4 heteroatoms. The molecule has 0 amide bonds. The predicted octanol–water partition coefficient (Wildman–Crippen LogP) is 2.26. The molecule has 2 rings (SSSR count). The number of nitrogens with two attached hydrogens (primary N) is 1. The van der Waals surface area contributed by atoms with Gasteiger partial charge in [0.25, 0.3) is 0 Å². The first-order chi connectivity index (χ1) is 7.67. The zero-order chi connectivity index (χ0) is 11.7. The van der Waals surface area contributed by atoms with Gasteiger partial charge < -0.3 is 10.3 Å². The maximum absolute atomic E-state index is 13.2. The molecule has 0 fully saturated rings. The normalized spacial score (nSPS) is 13.2. The lowest BCUT2D eigenvalue weighted by Crippen LogP contribution is -2.14. The molecule has 16 heavy (non-hydrogen) atoms. The standard InChI is InChI=1S/C12H16FN3/c1-3-16-11-6-9(13)4-5-10(11)15-12(16)8(2)7-14/h4-6,8H,3,7,14H2,1-2H3. The van der Waals surface area contributed by atoms with E-state index in [1.54, 1.807) is 6.07 Å². The zero-order valence-corrected chi connectivity index (χ0v) is 9.57. The Kier molecular flexibility index (Phi) is 2.92. The van der Waals surface area contributed by atoms with E-state index in [-0.39, 0.29) is 11.7 Å². The summed E-state index contributed by atoms with van der Waals surface area (Å²) < 4.78 is 15.2. The molecule has 0 aliphatic heterocycles. The molecule has 86 valence electrons. The predicted molar refractivity (Wildman–Crippen MR) is 62.8 cm³/mol. The number of hydrogen-bond acceptors (Lipinski definition) is 2. The van der Waals surface area contributed by atoms with E-state index in [1.807, 2.05) is 18.4 Å². The number of benzene rings is 1. The highest BCUT2D eigenvalue weighted by atomic mass is 19.1. The fraction of sp³-hybridized carbons (Fsp3) is 0.417. The Morgan fingerprint density at radius 3 is 2.88 bits per heavy atom. The average molecular weight is 221 g/mol. The van der Waals surface area contributed by atoms with E-state index in [0.717, 1.165) is 23.4 Å². The smallest absolute Gasteiger partial charge is 0.125 e. The number of hydrogen-bond donors (Lipinski definition) is 1. The second-order valence-electron chi connectivity index (χ2n) is 3.98. The molecule has 0 radical (unpaired) electrons. The number of aromatic nitrogens is 2. The SMILES string of the molecule is CCn1c(C(C)CN)nc2ccc(F)cc21. The van der Waals surface area contributed by atoms with Crippen molar-refractivity contribution in [3.8, 4) is 0 Å². The summed E-state index contributed by atoms with van der Waals surface area (Å²) in [6, 6.07) is 4.67. The van der Waals surface area contributed by atoms with Gasteiger partial charge in [0.2, 0.25) is 0 Å². The molecule has 2 aromatic rings. The number of aryl methyl sites for hydroxylation is 1. The molecule has 2 N–H and O–H groups in total. The molecule has 1 aromatic heterocycles. The van der Waals surface area contributed by atoms with Gasteiger partial charge >= 0.3 is 0 Å². The van der Waals surface area contributed by atoms with Crippen molar-refractivity contribution < 1.29 is 4.39 Å². The van der Waals surface area contributed by atoms with Crippen LogP contribution >= 0.6 is 0 Å². The molecule has 0 aliphatic rings. The lowest BCUT2D eigenvalue weighted by atomic mass is 10.2. The summed E-state index contributed by atoms with van der Waals surface area (Å²) in [5.74, 6) is 0.898. The number of rotatable bonds is 3. The van der Waals surface area contributed by atoms with Gasteiger partial charge in [-0.3, -0.25) is 0 Å². The molecular formula is C12H16FN3. The third-order valence-corrected chi connectivity index (χ3v) is 2.85. The molecule has 0 saturated heterocycles. The van der Waals surface area contributed by atoms with Crippen LogP contribution in [0.25, 0.3) is 11.0 Å². The molecule has 1 aromatic carbocycles. The van der Waals surface area contributed by atoms with Crippen molar-refractivity contribution >= 4 is 11.0 Å². The Morgan fingerprint density at radius 2 is 2.25 bits per heavy atom. The molecule has 3 nitrogen and oxygen atoms in total. The third kappa shape index (κ3) is 1.69. The van der Waals surface area contributed by atoms with Crippen molar-refractivity contribution in [3.05, 3.63) is 29.8 Å². The van der Waals surface area contributed by atoms with E-state index < -0.39 is 0 Å². The Bertz CT molecular complexity index is 504. The molecule has 0 saturated carbocycles. The Labute approximate surface area is 94.1 Å². The first kappa shape index (κ1) is 11.1. The fourth-order valence-corrected chi connectivity index (χ4v) is 1.93. The van der Waals surface area contributed by atoms with Crippen molar-refractivity contribution in [2.24, 2.45) is 5.73 Å². The molecule has 0 aliphatic carbocycles. The van der Waals surface area contributed by atoms with Crippen LogP contribution in [-0.4, -0.2) is 16.1 Å². The molecule has 0 bridgehead atoms. The number of halogens is 1.